The van der Waals surface area contributed by atoms with Gasteiger partial charge in [0.05, 0.1) is 0 Å². The van der Waals surface area contributed by atoms with Crippen LogP contribution in [0.4, 0.5) is 0 Å². The SMILES string of the molecule is Cc1ccc(C(N)C(=O)NC2CCN(C(=O)C3CCCCC3)C2)cc1.Cl. The quantitative estimate of drug-likeness (QED) is 0.844. The maximum atomic E-state index is 12.6. The van der Waals surface area contributed by atoms with E-state index in [0.717, 1.165) is 49.8 Å². The van der Waals surface area contributed by atoms with E-state index in [9.17, 15) is 9.59 Å². The standard InChI is InChI=1S/C20H29N3O2.ClH/c1-14-7-9-15(10-8-14)18(21)19(24)22-17-11-12-23(13-17)20(25)16-5-3-2-4-6-16;/h7-10,16-18H,2-6,11-13,21H2,1H3,(H,22,24);1H. The van der Waals surface area contributed by atoms with E-state index in [0.29, 0.717) is 6.54 Å². The van der Waals surface area contributed by atoms with E-state index < -0.39 is 6.04 Å². The molecule has 1 saturated heterocycles. The third-order valence-electron chi connectivity index (χ3n) is 5.52. The lowest BCUT2D eigenvalue weighted by atomic mass is 9.88. The van der Waals surface area contributed by atoms with Crippen LogP contribution in [0.5, 0.6) is 0 Å². The Bertz CT molecular complexity index is 614. The van der Waals surface area contributed by atoms with Crippen LogP contribution in [0.25, 0.3) is 0 Å². The molecule has 5 nitrogen and oxygen atoms in total. The summed E-state index contributed by atoms with van der Waals surface area (Å²) in [5.41, 5.74) is 8.04. The van der Waals surface area contributed by atoms with Crippen LogP contribution in [-0.2, 0) is 9.59 Å². The second-order valence-corrected chi connectivity index (χ2v) is 7.50. The third kappa shape index (κ3) is 4.98. The van der Waals surface area contributed by atoms with Crippen molar-refractivity contribution >= 4 is 24.2 Å². The normalized spacial score (nSPS) is 21.8. The second-order valence-electron chi connectivity index (χ2n) is 7.50. The summed E-state index contributed by atoms with van der Waals surface area (Å²) in [4.78, 5) is 27.0. The molecular formula is C20H30ClN3O2. The Kier molecular flexibility index (Phi) is 7.47. The van der Waals surface area contributed by atoms with E-state index in [1.807, 2.05) is 36.1 Å². The van der Waals surface area contributed by atoms with E-state index in [4.69, 9.17) is 5.73 Å². The van der Waals surface area contributed by atoms with Crippen LogP contribution in [0.15, 0.2) is 24.3 Å². The van der Waals surface area contributed by atoms with E-state index in [1.54, 1.807) is 0 Å². The highest BCUT2D eigenvalue weighted by Crippen LogP contribution is 2.27. The molecule has 144 valence electrons. The Balaban J connectivity index is 0.00000243. The van der Waals surface area contributed by atoms with Crippen LogP contribution in [0.3, 0.4) is 0 Å². The molecule has 2 unspecified atom stereocenters. The van der Waals surface area contributed by atoms with Crippen molar-refractivity contribution < 1.29 is 9.59 Å². The van der Waals surface area contributed by atoms with Gasteiger partial charge in [-0.1, -0.05) is 49.1 Å². The average Bonchev–Trinajstić information content (AvgIpc) is 3.10. The van der Waals surface area contributed by atoms with Crippen molar-refractivity contribution in [3.63, 3.8) is 0 Å². The predicted octanol–water partition coefficient (Wildman–Crippen LogP) is 2.71. The largest absolute Gasteiger partial charge is 0.350 e. The number of nitrogens with zero attached hydrogens (tertiary/aromatic N) is 1. The van der Waals surface area contributed by atoms with Gasteiger partial charge < -0.3 is 16.0 Å². The van der Waals surface area contributed by atoms with Gasteiger partial charge in [-0.3, -0.25) is 9.59 Å². The number of aryl methyl sites for hydroxylation is 1. The van der Waals surface area contributed by atoms with E-state index in [1.165, 1.54) is 6.42 Å². The smallest absolute Gasteiger partial charge is 0.241 e. The Morgan fingerprint density at radius 1 is 1.12 bits per heavy atom. The van der Waals surface area contributed by atoms with Gasteiger partial charge in [-0.05, 0) is 31.7 Å². The number of carbonyl (C=O) groups is 2. The third-order valence-corrected chi connectivity index (χ3v) is 5.52. The minimum absolute atomic E-state index is 0. The van der Waals surface area contributed by atoms with E-state index >= 15 is 0 Å². The van der Waals surface area contributed by atoms with Gasteiger partial charge in [0.15, 0.2) is 0 Å². The highest BCUT2D eigenvalue weighted by molar-refractivity contribution is 5.85. The van der Waals surface area contributed by atoms with Crippen molar-refractivity contribution in [1.82, 2.24) is 10.2 Å². The number of amides is 2. The molecule has 0 aromatic heterocycles. The lowest BCUT2D eigenvalue weighted by Gasteiger charge is -2.26. The van der Waals surface area contributed by atoms with Crippen molar-refractivity contribution in [2.45, 2.75) is 57.5 Å². The summed E-state index contributed by atoms with van der Waals surface area (Å²) in [5.74, 6) is 0.304. The first-order valence-electron chi connectivity index (χ1n) is 9.46. The maximum absolute atomic E-state index is 12.6. The van der Waals surface area contributed by atoms with Crippen molar-refractivity contribution in [1.29, 1.82) is 0 Å². The van der Waals surface area contributed by atoms with Crippen LogP contribution >= 0.6 is 12.4 Å². The first-order valence-corrected chi connectivity index (χ1v) is 9.46. The molecule has 0 bridgehead atoms. The van der Waals surface area contributed by atoms with Crippen molar-refractivity contribution in [2.75, 3.05) is 13.1 Å². The zero-order valence-electron chi connectivity index (χ0n) is 15.4. The predicted molar refractivity (Wildman–Crippen MR) is 105 cm³/mol. The molecule has 2 atom stereocenters. The number of hydrogen-bond donors (Lipinski definition) is 2. The molecule has 2 aliphatic rings. The van der Waals surface area contributed by atoms with Crippen molar-refractivity contribution in [2.24, 2.45) is 11.7 Å². The Hall–Kier alpha value is -1.59. The monoisotopic (exact) mass is 379 g/mol. The van der Waals surface area contributed by atoms with Crippen LogP contribution in [0.1, 0.15) is 55.7 Å². The highest BCUT2D eigenvalue weighted by Gasteiger charge is 2.32. The number of rotatable bonds is 4. The lowest BCUT2D eigenvalue weighted by molar-refractivity contribution is -0.135. The van der Waals surface area contributed by atoms with Gasteiger partial charge >= 0.3 is 0 Å². The highest BCUT2D eigenvalue weighted by atomic mass is 35.5. The zero-order chi connectivity index (χ0) is 17.8. The topological polar surface area (TPSA) is 75.4 Å². The summed E-state index contributed by atoms with van der Waals surface area (Å²) in [6.07, 6.45) is 6.42. The van der Waals surface area contributed by atoms with Crippen molar-refractivity contribution in [3.05, 3.63) is 35.4 Å². The summed E-state index contributed by atoms with van der Waals surface area (Å²) in [6, 6.07) is 7.06. The molecule has 1 aliphatic carbocycles. The number of benzene rings is 1. The number of hydrogen-bond acceptors (Lipinski definition) is 3. The van der Waals surface area contributed by atoms with Crippen LogP contribution in [0, 0.1) is 12.8 Å². The Labute approximate surface area is 162 Å². The van der Waals surface area contributed by atoms with Gasteiger partial charge in [0.1, 0.15) is 6.04 Å². The molecule has 26 heavy (non-hydrogen) atoms. The molecule has 3 rings (SSSR count). The number of nitrogens with one attached hydrogen (secondary N) is 1. The minimum atomic E-state index is -0.663. The molecule has 2 fully saturated rings. The molecule has 1 aliphatic heterocycles. The molecule has 1 heterocycles. The first-order chi connectivity index (χ1) is 12.0. The molecule has 2 amide bonds. The summed E-state index contributed by atoms with van der Waals surface area (Å²) >= 11 is 0. The summed E-state index contributed by atoms with van der Waals surface area (Å²) in [7, 11) is 0. The fourth-order valence-electron chi connectivity index (χ4n) is 3.90. The lowest BCUT2D eigenvalue weighted by Crippen LogP contribution is -2.43. The summed E-state index contributed by atoms with van der Waals surface area (Å²) < 4.78 is 0. The molecule has 6 heteroatoms. The number of likely N-dealkylation sites (tertiary alicyclic amines) is 1. The molecule has 1 aromatic carbocycles. The number of halogens is 1. The minimum Gasteiger partial charge on any atom is -0.350 e. The van der Waals surface area contributed by atoms with Crippen LogP contribution < -0.4 is 11.1 Å². The molecule has 1 aromatic rings. The molecule has 0 spiro atoms. The summed E-state index contributed by atoms with van der Waals surface area (Å²) in [5, 5.41) is 3.02. The van der Waals surface area contributed by atoms with Gasteiger partial charge in [0, 0.05) is 25.0 Å². The molecule has 0 radical (unpaired) electrons. The van der Waals surface area contributed by atoms with Gasteiger partial charge in [-0.25, -0.2) is 0 Å². The van der Waals surface area contributed by atoms with Crippen LogP contribution in [0.2, 0.25) is 0 Å². The van der Waals surface area contributed by atoms with Gasteiger partial charge in [-0.2, -0.15) is 0 Å². The first kappa shape index (κ1) is 20.7. The van der Waals surface area contributed by atoms with E-state index in [2.05, 4.69) is 5.32 Å². The molecular weight excluding hydrogens is 350 g/mol. The fraction of sp³-hybridized carbons (Fsp3) is 0.600. The molecule has 3 N–H and O–H groups in total. The number of nitrogens with two attached hydrogens (primary N) is 1. The Morgan fingerprint density at radius 3 is 2.42 bits per heavy atom. The average molecular weight is 380 g/mol. The summed E-state index contributed by atoms with van der Waals surface area (Å²) in [6.45, 7) is 3.35. The van der Waals surface area contributed by atoms with E-state index in [-0.39, 0.29) is 36.2 Å². The van der Waals surface area contributed by atoms with Crippen LogP contribution in [-0.4, -0.2) is 35.8 Å². The zero-order valence-corrected chi connectivity index (χ0v) is 16.3. The van der Waals surface area contributed by atoms with Gasteiger partial charge in [0.25, 0.3) is 0 Å². The second kappa shape index (κ2) is 9.38. The number of carbonyl (C=O) groups excluding carboxylic acids is 2. The fourth-order valence-corrected chi connectivity index (χ4v) is 3.90. The molecule has 1 saturated carbocycles. The van der Waals surface area contributed by atoms with Crippen molar-refractivity contribution in [3.8, 4) is 0 Å². The van der Waals surface area contributed by atoms with Gasteiger partial charge in [-0.15, -0.1) is 12.4 Å². The Morgan fingerprint density at radius 2 is 1.77 bits per heavy atom. The maximum Gasteiger partial charge on any atom is 0.241 e. The van der Waals surface area contributed by atoms with Gasteiger partial charge in [0.2, 0.25) is 11.8 Å².